The van der Waals surface area contributed by atoms with Crippen LogP contribution in [0.25, 0.3) is 16.7 Å². The average molecular weight is 473 g/mol. The molecule has 3 heterocycles. The summed E-state index contributed by atoms with van der Waals surface area (Å²) in [4.78, 5) is 34.9. The highest BCUT2D eigenvalue weighted by Crippen LogP contribution is 2.21. The molecule has 1 aliphatic rings. The zero-order valence-electron chi connectivity index (χ0n) is 19.9. The molecule has 180 valence electrons. The van der Waals surface area contributed by atoms with Crippen molar-refractivity contribution in [3.05, 3.63) is 77.0 Å². The van der Waals surface area contributed by atoms with Gasteiger partial charge in [-0.3, -0.25) is 14.2 Å². The average Bonchev–Trinajstić information content (AvgIpc) is 3.33. The summed E-state index contributed by atoms with van der Waals surface area (Å²) in [6.45, 7) is 4.93. The van der Waals surface area contributed by atoms with E-state index in [0.29, 0.717) is 36.5 Å². The number of nitrogens with zero attached hydrogens (tertiary/aromatic N) is 6. The second kappa shape index (κ2) is 9.61. The monoisotopic (exact) mass is 472 g/mol. The molecule has 0 N–H and O–H groups in total. The molecule has 2 aromatic heterocycles. The van der Waals surface area contributed by atoms with E-state index in [9.17, 15) is 9.59 Å². The third kappa shape index (κ3) is 4.49. The highest BCUT2D eigenvalue weighted by Gasteiger charge is 2.22. The molecule has 5 rings (SSSR count). The van der Waals surface area contributed by atoms with E-state index in [0.717, 1.165) is 30.2 Å². The minimum absolute atomic E-state index is 0.0470. The summed E-state index contributed by atoms with van der Waals surface area (Å²) in [6, 6.07) is 17.6. The predicted octanol–water partition coefficient (Wildman–Crippen LogP) is 2.64. The molecule has 0 atom stereocenters. The van der Waals surface area contributed by atoms with E-state index < -0.39 is 0 Å². The van der Waals surface area contributed by atoms with Crippen molar-refractivity contribution in [3.8, 4) is 11.4 Å². The maximum Gasteiger partial charge on any atom is 0.264 e. The molecule has 2 aromatic carbocycles. The van der Waals surface area contributed by atoms with Gasteiger partial charge in [0.05, 0.1) is 19.0 Å². The van der Waals surface area contributed by atoms with Crippen molar-refractivity contribution in [2.24, 2.45) is 0 Å². The molecule has 0 unspecified atom stereocenters. The number of aryl methyl sites for hydroxylation is 1. The minimum Gasteiger partial charge on any atom is -0.497 e. The van der Waals surface area contributed by atoms with Crippen molar-refractivity contribution in [3.63, 3.8) is 0 Å². The lowest BCUT2D eigenvalue weighted by molar-refractivity contribution is -0.131. The molecule has 0 aliphatic carbocycles. The SMILES string of the molecule is COc1ccc(N2CCN(C(=O)CCn3c(C)nc4c(cnn4-c4ccccc4)c3=O)CC2)cc1. The molecule has 9 nitrogen and oxygen atoms in total. The highest BCUT2D eigenvalue weighted by molar-refractivity contribution is 5.77. The molecule has 0 bridgehead atoms. The van der Waals surface area contributed by atoms with Crippen LogP contribution in [-0.2, 0) is 11.3 Å². The molecule has 1 aliphatic heterocycles. The quantitative estimate of drug-likeness (QED) is 0.429. The molecule has 35 heavy (non-hydrogen) atoms. The van der Waals surface area contributed by atoms with Crippen molar-refractivity contribution in [1.29, 1.82) is 0 Å². The Labute approximate surface area is 203 Å². The lowest BCUT2D eigenvalue weighted by Gasteiger charge is -2.36. The van der Waals surface area contributed by atoms with Crippen LogP contribution in [0.5, 0.6) is 5.75 Å². The lowest BCUT2D eigenvalue weighted by Crippen LogP contribution is -2.49. The van der Waals surface area contributed by atoms with E-state index >= 15 is 0 Å². The van der Waals surface area contributed by atoms with Gasteiger partial charge in [0.15, 0.2) is 5.65 Å². The Balaban J connectivity index is 1.24. The number of methoxy groups -OCH3 is 1. The topological polar surface area (TPSA) is 85.5 Å². The lowest BCUT2D eigenvalue weighted by atomic mass is 10.2. The standard InChI is InChI=1S/C26H28N6O3/c1-19-28-25-23(18-27-32(25)21-6-4-3-5-7-21)26(34)31(19)13-12-24(33)30-16-14-29(15-17-30)20-8-10-22(35-2)11-9-20/h3-11,18H,12-17H2,1-2H3. The molecular weight excluding hydrogens is 444 g/mol. The normalized spacial score (nSPS) is 13.9. The van der Waals surface area contributed by atoms with Crippen molar-refractivity contribution in [1.82, 2.24) is 24.2 Å². The summed E-state index contributed by atoms with van der Waals surface area (Å²) >= 11 is 0. The first kappa shape index (κ1) is 22.6. The Morgan fingerprint density at radius 3 is 2.37 bits per heavy atom. The summed E-state index contributed by atoms with van der Waals surface area (Å²) in [5.41, 5.74) is 2.31. The van der Waals surface area contributed by atoms with Crippen molar-refractivity contribution < 1.29 is 9.53 Å². The number of carbonyl (C=O) groups excluding carboxylic acids is 1. The molecule has 1 amide bonds. The summed E-state index contributed by atoms with van der Waals surface area (Å²) in [6.07, 6.45) is 1.80. The van der Waals surface area contributed by atoms with Gasteiger partial charge in [0, 0.05) is 44.8 Å². The van der Waals surface area contributed by atoms with E-state index in [2.05, 4.69) is 15.0 Å². The first-order chi connectivity index (χ1) is 17.0. The molecular formula is C26H28N6O3. The Morgan fingerprint density at radius 2 is 1.69 bits per heavy atom. The molecule has 0 spiro atoms. The zero-order valence-corrected chi connectivity index (χ0v) is 19.9. The number of aromatic nitrogens is 4. The van der Waals surface area contributed by atoms with Crippen LogP contribution in [0.4, 0.5) is 5.69 Å². The maximum atomic E-state index is 13.2. The largest absolute Gasteiger partial charge is 0.497 e. The Hall–Kier alpha value is -4.14. The highest BCUT2D eigenvalue weighted by atomic mass is 16.5. The molecule has 9 heteroatoms. The van der Waals surface area contributed by atoms with Crippen LogP contribution in [0, 0.1) is 6.92 Å². The molecule has 4 aromatic rings. The number of carbonyl (C=O) groups is 1. The number of rotatable bonds is 6. The number of benzene rings is 2. The number of hydrogen-bond acceptors (Lipinski definition) is 6. The van der Waals surface area contributed by atoms with Gasteiger partial charge in [-0.1, -0.05) is 18.2 Å². The van der Waals surface area contributed by atoms with Crippen LogP contribution in [0.2, 0.25) is 0 Å². The third-order valence-corrected chi connectivity index (χ3v) is 6.50. The molecule has 0 saturated carbocycles. The second-order valence-corrected chi connectivity index (χ2v) is 8.56. The van der Waals surface area contributed by atoms with Crippen LogP contribution in [-0.4, -0.2) is 63.4 Å². The fourth-order valence-electron chi connectivity index (χ4n) is 4.50. The fraction of sp³-hybridized carbons (Fsp3) is 0.308. The summed E-state index contributed by atoms with van der Waals surface area (Å²) in [5, 5.41) is 4.82. The van der Waals surface area contributed by atoms with Crippen LogP contribution < -0.4 is 15.2 Å². The summed E-state index contributed by atoms with van der Waals surface area (Å²) < 4.78 is 8.47. The predicted molar refractivity (Wildman–Crippen MR) is 134 cm³/mol. The number of anilines is 1. The number of amides is 1. The smallest absolute Gasteiger partial charge is 0.264 e. The fourth-order valence-corrected chi connectivity index (χ4v) is 4.50. The molecule has 0 radical (unpaired) electrons. The van der Waals surface area contributed by atoms with Gasteiger partial charge >= 0.3 is 0 Å². The van der Waals surface area contributed by atoms with Gasteiger partial charge in [0.2, 0.25) is 5.91 Å². The zero-order chi connectivity index (χ0) is 24.4. The van der Waals surface area contributed by atoms with Gasteiger partial charge in [-0.2, -0.15) is 5.10 Å². The van der Waals surface area contributed by atoms with Gasteiger partial charge in [-0.05, 0) is 43.3 Å². The first-order valence-corrected chi connectivity index (χ1v) is 11.7. The summed E-state index contributed by atoms with van der Waals surface area (Å²) in [5.74, 6) is 1.44. The van der Waals surface area contributed by atoms with E-state index in [1.54, 1.807) is 29.5 Å². The Kier molecular flexibility index (Phi) is 6.22. The van der Waals surface area contributed by atoms with Gasteiger partial charge in [0.1, 0.15) is 17.0 Å². The Morgan fingerprint density at radius 1 is 0.971 bits per heavy atom. The van der Waals surface area contributed by atoms with Crippen molar-refractivity contribution >= 4 is 22.6 Å². The van der Waals surface area contributed by atoms with E-state index in [1.165, 1.54) is 0 Å². The number of ether oxygens (including phenoxy) is 1. The second-order valence-electron chi connectivity index (χ2n) is 8.56. The van der Waals surface area contributed by atoms with Gasteiger partial charge in [-0.15, -0.1) is 0 Å². The number of piperazine rings is 1. The van der Waals surface area contributed by atoms with Gasteiger partial charge in [-0.25, -0.2) is 9.67 Å². The van der Waals surface area contributed by atoms with Crippen molar-refractivity contribution in [2.45, 2.75) is 19.9 Å². The number of fused-ring (bicyclic) bond motifs is 1. The molecule has 1 fully saturated rings. The number of para-hydroxylation sites is 1. The van der Waals surface area contributed by atoms with Crippen LogP contribution in [0.1, 0.15) is 12.2 Å². The van der Waals surface area contributed by atoms with Crippen LogP contribution in [0.3, 0.4) is 0 Å². The minimum atomic E-state index is -0.174. The van der Waals surface area contributed by atoms with Crippen LogP contribution in [0.15, 0.2) is 65.6 Å². The van der Waals surface area contributed by atoms with Crippen LogP contribution >= 0.6 is 0 Å². The first-order valence-electron chi connectivity index (χ1n) is 11.7. The molecule has 1 saturated heterocycles. The van der Waals surface area contributed by atoms with Gasteiger partial charge in [0.25, 0.3) is 5.56 Å². The third-order valence-electron chi connectivity index (χ3n) is 6.50. The number of hydrogen-bond donors (Lipinski definition) is 0. The summed E-state index contributed by atoms with van der Waals surface area (Å²) in [7, 11) is 1.65. The van der Waals surface area contributed by atoms with Crippen molar-refractivity contribution in [2.75, 3.05) is 38.2 Å². The van der Waals surface area contributed by atoms with E-state index in [4.69, 9.17) is 4.74 Å². The maximum absolute atomic E-state index is 13.2. The van der Waals surface area contributed by atoms with E-state index in [1.807, 2.05) is 59.5 Å². The Bertz CT molecular complexity index is 1390. The van der Waals surface area contributed by atoms with Gasteiger partial charge < -0.3 is 14.5 Å². The van der Waals surface area contributed by atoms with E-state index in [-0.39, 0.29) is 17.9 Å².